The van der Waals surface area contributed by atoms with Gasteiger partial charge in [-0.15, -0.1) is 5.10 Å². The third-order valence-corrected chi connectivity index (χ3v) is 3.78. The molecule has 1 fully saturated rings. The number of thioether (sulfide) groups is 1. The number of hydrogen-bond acceptors (Lipinski definition) is 6. The van der Waals surface area contributed by atoms with Crippen LogP contribution in [0.4, 0.5) is 0 Å². The lowest BCUT2D eigenvalue weighted by Crippen LogP contribution is -2.26. The topological polar surface area (TPSA) is 111 Å². The van der Waals surface area contributed by atoms with Crippen LogP contribution in [0, 0.1) is 0 Å². The molecule has 1 amide bonds. The maximum Gasteiger partial charge on any atom is 0.305 e. The lowest BCUT2D eigenvalue weighted by atomic mass is 10.2. The molecule has 1 heterocycles. The largest absolute Gasteiger partial charge is 0.507 e. The summed E-state index contributed by atoms with van der Waals surface area (Å²) < 4.78 is 0. The fourth-order valence-electron chi connectivity index (χ4n) is 1.52. The molecule has 1 aliphatic heterocycles. The molecule has 0 spiro atoms. The highest BCUT2D eigenvalue weighted by Gasteiger charge is 2.32. The molecule has 3 N–H and O–H groups in total. The highest BCUT2D eigenvalue weighted by Crippen LogP contribution is 2.23. The Morgan fingerprint density at radius 2 is 2.29 bits per heavy atom. The van der Waals surface area contributed by atoms with Crippen molar-refractivity contribution in [1.82, 2.24) is 5.32 Å². The Labute approximate surface area is 128 Å². The highest BCUT2D eigenvalue weighted by molar-refractivity contribution is 8.15. The SMILES string of the molecule is O=C(O)C[C@@H]1S/C(=N\N=C/c2cc(Cl)ccc2O)NC1=O. The van der Waals surface area contributed by atoms with Gasteiger partial charge in [-0.3, -0.25) is 9.59 Å². The van der Waals surface area contributed by atoms with Crippen molar-refractivity contribution < 1.29 is 19.8 Å². The molecule has 21 heavy (non-hydrogen) atoms. The number of carbonyl (C=O) groups excluding carboxylic acids is 1. The molecule has 110 valence electrons. The van der Waals surface area contributed by atoms with E-state index in [-0.39, 0.29) is 17.3 Å². The Kier molecular flexibility index (Phi) is 4.81. The summed E-state index contributed by atoms with van der Waals surface area (Å²) in [4.78, 5) is 22.0. The summed E-state index contributed by atoms with van der Waals surface area (Å²) >= 11 is 6.78. The molecule has 0 aliphatic carbocycles. The first-order valence-electron chi connectivity index (χ1n) is 5.74. The van der Waals surface area contributed by atoms with E-state index < -0.39 is 17.1 Å². The first-order valence-corrected chi connectivity index (χ1v) is 7.00. The predicted octanol–water partition coefficient (Wildman–Crippen LogP) is 1.44. The Balaban J connectivity index is 2.05. The number of carbonyl (C=O) groups is 2. The van der Waals surface area contributed by atoms with Gasteiger partial charge in [0, 0.05) is 10.6 Å². The van der Waals surface area contributed by atoms with Crippen LogP contribution >= 0.6 is 23.4 Å². The quantitative estimate of drug-likeness (QED) is 0.572. The number of aliphatic carboxylic acids is 1. The molecule has 1 aliphatic rings. The van der Waals surface area contributed by atoms with Crippen LogP contribution in [0.15, 0.2) is 28.4 Å². The summed E-state index contributed by atoms with van der Waals surface area (Å²) in [5.41, 5.74) is 0.378. The number of nitrogens with zero attached hydrogens (tertiary/aromatic N) is 2. The fraction of sp³-hybridized carbons (Fsp3) is 0.167. The number of hydrogen-bond donors (Lipinski definition) is 3. The van der Waals surface area contributed by atoms with Gasteiger partial charge in [0.15, 0.2) is 5.17 Å². The number of amides is 1. The van der Waals surface area contributed by atoms with E-state index in [2.05, 4.69) is 15.5 Å². The number of nitrogens with one attached hydrogen (secondary N) is 1. The van der Waals surface area contributed by atoms with E-state index >= 15 is 0 Å². The normalized spacial score (nSPS) is 20.1. The molecule has 2 rings (SSSR count). The van der Waals surface area contributed by atoms with Crippen molar-refractivity contribution in [3.8, 4) is 5.75 Å². The van der Waals surface area contributed by atoms with Gasteiger partial charge in [-0.2, -0.15) is 5.10 Å². The van der Waals surface area contributed by atoms with E-state index in [1.807, 2.05) is 0 Å². The monoisotopic (exact) mass is 327 g/mol. The molecular formula is C12H10ClN3O4S. The van der Waals surface area contributed by atoms with Crippen molar-refractivity contribution in [2.45, 2.75) is 11.7 Å². The Morgan fingerprint density at radius 3 is 3.00 bits per heavy atom. The minimum atomic E-state index is -1.06. The van der Waals surface area contributed by atoms with Crippen molar-refractivity contribution in [3.05, 3.63) is 28.8 Å². The molecule has 0 aromatic heterocycles. The second-order valence-corrected chi connectivity index (χ2v) is 5.67. The smallest absolute Gasteiger partial charge is 0.305 e. The highest BCUT2D eigenvalue weighted by atomic mass is 35.5. The summed E-state index contributed by atoms with van der Waals surface area (Å²) in [7, 11) is 0. The molecule has 1 saturated heterocycles. The Bertz CT molecular complexity index is 647. The van der Waals surface area contributed by atoms with Gasteiger partial charge in [0.1, 0.15) is 11.0 Å². The first kappa shape index (κ1) is 15.3. The lowest BCUT2D eigenvalue weighted by Gasteiger charge is -1.98. The predicted molar refractivity (Wildman–Crippen MR) is 79.9 cm³/mol. The number of benzene rings is 1. The van der Waals surface area contributed by atoms with E-state index in [1.54, 1.807) is 0 Å². The second kappa shape index (κ2) is 6.59. The van der Waals surface area contributed by atoms with Gasteiger partial charge in [-0.1, -0.05) is 23.4 Å². The minimum Gasteiger partial charge on any atom is -0.507 e. The van der Waals surface area contributed by atoms with E-state index in [4.69, 9.17) is 16.7 Å². The molecule has 0 saturated carbocycles. The van der Waals surface area contributed by atoms with Crippen molar-refractivity contribution >= 4 is 46.6 Å². The maximum atomic E-state index is 11.5. The van der Waals surface area contributed by atoms with Crippen molar-refractivity contribution in [2.24, 2.45) is 10.2 Å². The fourth-order valence-corrected chi connectivity index (χ4v) is 2.61. The van der Waals surface area contributed by atoms with Crippen LogP contribution in [0.2, 0.25) is 5.02 Å². The van der Waals surface area contributed by atoms with Gasteiger partial charge in [0.25, 0.3) is 0 Å². The molecule has 0 radical (unpaired) electrons. The molecule has 1 atom stereocenters. The number of carboxylic acids is 1. The summed E-state index contributed by atoms with van der Waals surface area (Å²) in [5, 5.41) is 28.1. The summed E-state index contributed by atoms with van der Waals surface area (Å²) in [5.74, 6) is -1.48. The molecular weight excluding hydrogens is 318 g/mol. The number of amidine groups is 1. The van der Waals surface area contributed by atoms with E-state index in [0.29, 0.717) is 10.6 Å². The number of carboxylic acid groups (broad SMARTS) is 1. The minimum absolute atomic E-state index is 0.00443. The van der Waals surface area contributed by atoms with Crippen LogP contribution in [0.1, 0.15) is 12.0 Å². The van der Waals surface area contributed by atoms with Crippen LogP contribution < -0.4 is 5.32 Å². The van der Waals surface area contributed by atoms with Crippen LogP contribution in [0.5, 0.6) is 5.75 Å². The number of phenols is 1. The third-order valence-electron chi connectivity index (χ3n) is 2.47. The lowest BCUT2D eigenvalue weighted by molar-refractivity contribution is -0.138. The van der Waals surface area contributed by atoms with Crippen molar-refractivity contribution in [1.29, 1.82) is 0 Å². The number of rotatable bonds is 4. The van der Waals surface area contributed by atoms with E-state index in [0.717, 1.165) is 11.8 Å². The van der Waals surface area contributed by atoms with Gasteiger partial charge in [-0.25, -0.2) is 0 Å². The molecule has 0 unspecified atom stereocenters. The van der Waals surface area contributed by atoms with Gasteiger partial charge >= 0.3 is 5.97 Å². The van der Waals surface area contributed by atoms with Gasteiger partial charge in [0.2, 0.25) is 5.91 Å². The summed E-state index contributed by atoms with van der Waals surface area (Å²) in [6.07, 6.45) is 1.000. The maximum absolute atomic E-state index is 11.5. The summed E-state index contributed by atoms with van der Waals surface area (Å²) in [6, 6.07) is 4.46. The zero-order valence-corrected chi connectivity index (χ0v) is 12.1. The van der Waals surface area contributed by atoms with Gasteiger partial charge in [0.05, 0.1) is 12.6 Å². The molecule has 9 heteroatoms. The summed E-state index contributed by atoms with van der Waals surface area (Å²) in [6.45, 7) is 0. The Hall–Kier alpha value is -2.06. The zero-order valence-electron chi connectivity index (χ0n) is 10.5. The average molecular weight is 328 g/mol. The van der Waals surface area contributed by atoms with Crippen LogP contribution in [0.3, 0.4) is 0 Å². The van der Waals surface area contributed by atoms with Crippen LogP contribution in [0.25, 0.3) is 0 Å². The molecule has 7 nitrogen and oxygen atoms in total. The average Bonchev–Trinajstić information content (AvgIpc) is 2.73. The standard InChI is InChI=1S/C12H10ClN3O4S/c13-7-1-2-8(17)6(3-7)5-14-16-12-15-11(20)9(21-12)4-10(18)19/h1-3,5,9,17H,4H2,(H,18,19)(H,15,16,20)/b14-5-/t9-/m0/s1. The molecule has 1 aromatic rings. The van der Waals surface area contributed by atoms with Crippen LogP contribution in [-0.4, -0.2) is 38.7 Å². The number of halogens is 1. The zero-order chi connectivity index (χ0) is 15.4. The second-order valence-electron chi connectivity index (χ2n) is 4.05. The number of aromatic hydroxyl groups is 1. The first-order chi connectivity index (χ1) is 9.95. The van der Waals surface area contributed by atoms with E-state index in [1.165, 1.54) is 24.4 Å². The van der Waals surface area contributed by atoms with Crippen LogP contribution in [-0.2, 0) is 9.59 Å². The van der Waals surface area contributed by atoms with Crippen molar-refractivity contribution in [3.63, 3.8) is 0 Å². The van der Waals surface area contributed by atoms with Crippen molar-refractivity contribution in [2.75, 3.05) is 0 Å². The Morgan fingerprint density at radius 1 is 1.52 bits per heavy atom. The number of phenolic OH excluding ortho intramolecular Hbond substituents is 1. The molecule has 1 aromatic carbocycles. The third kappa shape index (κ3) is 4.20. The van der Waals surface area contributed by atoms with Gasteiger partial charge < -0.3 is 15.5 Å². The van der Waals surface area contributed by atoms with E-state index in [9.17, 15) is 14.7 Å². The van der Waals surface area contributed by atoms with Gasteiger partial charge in [-0.05, 0) is 18.2 Å². The molecule has 0 bridgehead atoms.